The highest BCUT2D eigenvalue weighted by atomic mass is 32.1. The molecule has 3 aromatic rings. The van der Waals surface area contributed by atoms with Gasteiger partial charge in [-0.15, -0.1) is 11.3 Å². The van der Waals surface area contributed by atoms with Gasteiger partial charge >= 0.3 is 0 Å². The van der Waals surface area contributed by atoms with Crippen LogP contribution in [-0.4, -0.2) is 17.5 Å². The maximum absolute atomic E-state index is 14.2. The molecule has 0 unspecified atom stereocenters. The Balaban J connectivity index is 1.71. The molecule has 0 aliphatic rings. The number of furan rings is 1. The lowest BCUT2D eigenvalue weighted by atomic mass is 10.2. The van der Waals surface area contributed by atoms with Gasteiger partial charge in [-0.2, -0.15) is 0 Å². The summed E-state index contributed by atoms with van der Waals surface area (Å²) in [5.74, 6) is 0.348. The molecule has 7 heteroatoms. The fraction of sp³-hybridized carbons (Fsp3) is 0.176. The molecule has 3 rings (SSSR count). The van der Waals surface area contributed by atoms with Gasteiger partial charge in [-0.3, -0.25) is 4.79 Å². The molecule has 0 atom stereocenters. The molecule has 0 spiro atoms. The summed E-state index contributed by atoms with van der Waals surface area (Å²) >= 11 is 1.21. The SMILES string of the molecule is CCOc1ccc(-c2nc(C(=O)NCc3ccco3)cs2)c(F)c1. The third kappa shape index (κ3) is 3.62. The predicted molar refractivity (Wildman–Crippen MR) is 88.6 cm³/mol. The van der Waals surface area contributed by atoms with E-state index in [0.29, 0.717) is 28.7 Å². The quantitative estimate of drug-likeness (QED) is 0.736. The number of carbonyl (C=O) groups is 1. The average molecular weight is 346 g/mol. The lowest BCUT2D eigenvalue weighted by molar-refractivity contribution is 0.0944. The van der Waals surface area contributed by atoms with E-state index in [0.717, 1.165) is 0 Å². The monoisotopic (exact) mass is 346 g/mol. The van der Waals surface area contributed by atoms with Crippen molar-refractivity contribution in [1.29, 1.82) is 0 Å². The molecule has 1 amide bonds. The van der Waals surface area contributed by atoms with Crippen LogP contribution in [0.4, 0.5) is 4.39 Å². The number of benzene rings is 1. The summed E-state index contributed by atoms with van der Waals surface area (Å²) in [6.45, 7) is 2.58. The summed E-state index contributed by atoms with van der Waals surface area (Å²) < 4.78 is 24.6. The minimum atomic E-state index is -0.433. The molecule has 2 heterocycles. The molecule has 24 heavy (non-hydrogen) atoms. The van der Waals surface area contributed by atoms with Gasteiger partial charge in [-0.1, -0.05) is 0 Å². The third-order valence-electron chi connectivity index (χ3n) is 3.22. The first kappa shape index (κ1) is 16.2. The Morgan fingerprint density at radius 1 is 1.42 bits per heavy atom. The number of rotatable bonds is 6. The summed E-state index contributed by atoms with van der Waals surface area (Å²) in [6.07, 6.45) is 1.54. The standard InChI is InChI=1S/C17H15FN2O3S/c1-2-22-11-5-6-13(14(18)8-11)17-20-15(10-24-17)16(21)19-9-12-4-3-7-23-12/h3-8,10H,2,9H2,1H3,(H,19,21). The maximum Gasteiger partial charge on any atom is 0.271 e. The van der Waals surface area contributed by atoms with Crippen molar-refractivity contribution in [2.75, 3.05) is 6.61 Å². The summed E-state index contributed by atoms with van der Waals surface area (Å²) in [4.78, 5) is 16.3. The summed E-state index contributed by atoms with van der Waals surface area (Å²) in [5, 5.41) is 4.75. The second-order valence-electron chi connectivity index (χ2n) is 4.87. The van der Waals surface area contributed by atoms with Gasteiger partial charge < -0.3 is 14.5 Å². The number of ether oxygens (including phenoxy) is 1. The van der Waals surface area contributed by atoms with Crippen LogP contribution in [0.2, 0.25) is 0 Å². The van der Waals surface area contributed by atoms with Crippen LogP contribution in [0.3, 0.4) is 0 Å². The molecule has 0 saturated carbocycles. The number of carbonyl (C=O) groups excluding carboxylic acids is 1. The molecule has 0 saturated heterocycles. The van der Waals surface area contributed by atoms with Crippen molar-refractivity contribution in [1.82, 2.24) is 10.3 Å². The van der Waals surface area contributed by atoms with Gasteiger partial charge in [-0.25, -0.2) is 9.37 Å². The van der Waals surface area contributed by atoms with Crippen molar-refractivity contribution >= 4 is 17.2 Å². The van der Waals surface area contributed by atoms with Gasteiger partial charge in [0.15, 0.2) is 0 Å². The van der Waals surface area contributed by atoms with E-state index < -0.39 is 5.82 Å². The van der Waals surface area contributed by atoms with Crippen LogP contribution in [0.25, 0.3) is 10.6 Å². The molecule has 5 nitrogen and oxygen atoms in total. The maximum atomic E-state index is 14.2. The van der Waals surface area contributed by atoms with Crippen LogP contribution < -0.4 is 10.1 Å². The number of nitrogens with one attached hydrogen (secondary N) is 1. The van der Waals surface area contributed by atoms with Gasteiger partial charge in [0.25, 0.3) is 5.91 Å². The van der Waals surface area contributed by atoms with Crippen molar-refractivity contribution in [3.05, 3.63) is 59.2 Å². The number of hydrogen-bond acceptors (Lipinski definition) is 5. The third-order valence-corrected chi connectivity index (χ3v) is 4.10. The number of amides is 1. The summed E-state index contributed by atoms with van der Waals surface area (Å²) in [5.41, 5.74) is 0.586. The Morgan fingerprint density at radius 2 is 2.29 bits per heavy atom. The normalized spacial score (nSPS) is 10.6. The van der Waals surface area contributed by atoms with E-state index in [4.69, 9.17) is 9.15 Å². The molecule has 0 fully saturated rings. The number of hydrogen-bond donors (Lipinski definition) is 1. The van der Waals surface area contributed by atoms with Crippen molar-refractivity contribution < 1.29 is 18.3 Å². The lowest BCUT2D eigenvalue weighted by Gasteiger charge is -2.05. The minimum absolute atomic E-state index is 0.245. The number of halogens is 1. The molecule has 1 aromatic carbocycles. The molecule has 0 aliphatic heterocycles. The zero-order chi connectivity index (χ0) is 16.9. The molecule has 2 aromatic heterocycles. The zero-order valence-corrected chi connectivity index (χ0v) is 13.7. The van der Waals surface area contributed by atoms with Gasteiger partial charge in [0.2, 0.25) is 0 Å². The molecule has 0 aliphatic carbocycles. The first-order chi connectivity index (χ1) is 11.7. The van der Waals surface area contributed by atoms with Crippen LogP contribution >= 0.6 is 11.3 Å². The van der Waals surface area contributed by atoms with E-state index in [-0.39, 0.29) is 18.1 Å². The van der Waals surface area contributed by atoms with E-state index in [2.05, 4.69) is 10.3 Å². The Kier molecular flexibility index (Phi) is 4.90. The fourth-order valence-electron chi connectivity index (χ4n) is 2.10. The fourth-order valence-corrected chi connectivity index (χ4v) is 2.93. The molecule has 1 N–H and O–H groups in total. The summed E-state index contributed by atoms with van der Waals surface area (Å²) in [6, 6.07) is 8.11. The molecule has 0 bridgehead atoms. The molecule has 124 valence electrons. The molecular weight excluding hydrogens is 331 g/mol. The Bertz CT molecular complexity index is 830. The minimum Gasteiger partial charge on any atom is -0.494 e. The van der Waals surface area contributed by atoms with E-state index >= 15 is 0 Å². The topological polar surface area (TPSA) is 64.4 Å². The molecular formula is C17H15FN2O3S. The van der Waals surface area contributed by atoms with Crippen LogP contribution in [0.5, 0.6) is 5.75 Å². The first-order valence-electron chi connectivity index (χ1n) is 7.36. The van der Waals surface area contributed by atoms with E-state index in [1.54, 1.807) is 29.6 Å². The second-order valence-corrected chi connectivity index (χ2v) is 5.73. The Hall–Kier alpha value is -2.67. The van der Waals surface area contributed by atoms with Gasteiger partial charge in [0.05, 0.1) is 19.4 Å². The smallest absolute Gasteiger partial charge is 0.271 e. The number of nitrogens with zero attached hydrogens (tertiary/aromatic N) is 1. The first-order valence-corrected chi connectivity index (χ1v) is 8.24. The Labute approximate surface area is 142 Å². The van der Waals surface area contributed by atoms with Crippen molar-refractivity contribution in [2.45, 2.75) is 13.5 Å². The largest absolute Gasteiger partial charge is 0.494 e. The summed E-state index contributed by atoms with van der Waals surface area (Å²) in [7, 11) is 0. The van der Waals surface area contributed by atoms with Crippen molar-refractivity contribution in [3.8, 4) is 16.3 Å². The van der Waals surface area contributed by atoms with Gasteiger partial charge in [0, 0.05) is 17.0 Å². The molecule has 0 radical (unpaired) electrons. The lowest BCUT2D eigenvalue weighted by Crippen LogP contribution is -2.22. The van der Waals surface area contributed by atoms with E-state index in [1.807, 2.05) is 6.92 Å². The van der Waals surface area contributed by atoms with E-state index in [9.17, 15) is 9.18 Å². The number of aromatic nitrogens is 1. The van der Waals surface area contributed by atoms with Gasteiger partial charge in [0.1, 0.15) is 28.0 Å². The van der Waals surface area contributed by atoms with Crippen molar-refractivity contribution in [3.63, 3.8) is 0 Å². The van der Waals surface area contributed by atoms with Crippen LogP contribution in [0.15, 0.2) is 46.4 Å². The highest BCUT2D eigenvalue weighted by Crippen LogP contribution is 2.29. The predicted octanol–water partition coefficient (Wildman–Crippen LogP) is 3.87. The number of thiazole rings is 1. The van der Waals surface area contributed by atoms with Gasteiger partial charge in [-0.05, 0) is 31.2 Å². The Morgan fingerprint density at radius 3 is 3.00 bits per heavy atom. The highest BCUT2D eigenvalue weighted by Gasteiger charge is 2.15. The van der Waals surface area contributed by atoms with Crippen LogP contribution in [0, 0.1) is 5.82 Å². The zero-order valence-electron chi connectivity index (χ0n) is 12.9. The van der Waals surface area contributed by atoms with Crippen LogP contribution in [0.1, 0.15) is 23.2 Å². The highest BCUT2D eigenvalue weighted by molar-refractivity contribution is 7.13. The average Bonchev–Trinajstić information content (AvgIpc) is 3.25. The second kappa shape index (κ2) is 7.27. The van der Waals surface area contributed by atoms with Crippen LogP contribution in [-0.2, 0) is 6.54 Å². The van der Waals surface area contributed by atoms with Crippen molar-refractivity contribution in [2.24, 2.45) is 0 Å². The van der Waals surface area contributed by atoms with E-state index in [1.165, 1.54) is 23.7 Å².